The van der Waals surface area contributed by atoms with Gasteiger partial charge in [-0.2, -0.15) is 0 Å². The van der Waals surface area contributed by atoms with E-state index in [1.54, 1.807) is 12.1 Å². The maximum absolute atomic E-state index is 12.4. The van der Waals surface area contributed by atoms with Gasteiger partial charge in [0.05, 0.1) is 11.1 Å². The van der Waals surface area contributed by atoms with E-state index in [1.807, 2.05) is 0 Å². The molecule has 0 fully saturated rings. The van der Waals surface area contributed by atoms with Crippen LogP contribution < -0.4 is 5.73 Å². The first-order valence-electron chi connectivity index (χ1n) is 5.86. The number of hydrogen-bond donors (Lipinski definition) is 2. The Morgan fingerprint density at radius 3 is 2.40 bits per heavy atom. The van der Waals surface area contributed by atoms with E-state index in [0.717, 1.165) is 0 Å². The molecule has 3 rings (SSSR count). The highest BCUT2D eigenvalue weighted by Gasteiger charge is 2.31. The Bertz CT molecular complexity index is 792. The summed E-state index contributed by atoms with van der Waals surface area (Å²) in [6.45, 7) is 0. The minimum Gasteiger partial charge on any atom is -0.478 e. The molecule has 3 N–H and O–H groups in total. The van der Waals surface area contributed by atoms with Crippen LogP contribution in [0.15, 0.2) is 36.4 Å². The molecule has 0 saturated heterocycles. The zero-order chi connectivity index (χ0) is 14.4. The largest absolute Gasteiger partial charge is 0.478 e. The van der Waals surface area contributed by atoms with Gasteiger partial charge in [0, 0.05) is 22.4 Å². The van der Waals surface area contributed by atoms with E-state index in [-0.39, 0.29) is 45.1 Å². The fourth-order valence-electron chi connectivity index (χ4n) is 2.36. The summed E-state index contributed by atoms with van der Waals surface area (Å²) in [5, 5.41) is 8.96. The molecule has 20 heavy (non-hydrogen) atoms. The number of carbonyl (C=O) groups is 3. The number of rotatable bonds is 1. The fraction of sp³-hybridized carbons (Fsp3) is 0. The van der Waals surface area contributed by atoms with Gasteiger partial charge in [0.1, 0.15) is 0 Å². The number of ketones is 2. The molecule has 2 aromatic rings. The maximum Gasteiger partial charge on any atom is 0.335 e. The summed E-state index contributed by atoms with van der Waals surface area (Å²) in [6, 6.07) is 8.54. The second-order valence-electron chi connectivity index (χ2n) is 4.49. The van der Waals surface area contributed by atoms with E-state index in [4.69, 9.17) is 10.8 Å². The normalized spacial score (nSPS) is 12.8. The second kappa shape index (κ2) is 4.03. The van der Waals surface area contributed by atoms with Crippen molar-refractivity contribution >= 4 is 23.2 Å². The summed E-state index contributed by atoms with van der Waals surface area (Å²) in [6.07, 6.45) is 0. The molecular formula is C15H9NO4. The summed E-state index contributed by atoms with van der Waals surface area (Å²) in [7, 11) is 0. The first-order valence-corrected chi connectivity index (χ1v) is 5.86. The molecule has 0 spiro atoms. The smallest absolute Gasteiger partial charge is 0.335 e. The fourth-order valence-corrected chi connectivity index (χ4v) is 2.36. The van der Waals surface area contributed by atoms with Crippen molar-refractivity contribution in [3.8, 4) is 0 Å². The van der Waals surface area contributed by atoms with Crippen LogP contribution in [0.5, 0.6) is 0 Å². The Hall–Kier alpha value is -2.95. The van der Waals surface area contributed by atoms with Gasteiger partial charge in [-0.25, -0.2) is 4.79 Å². The van der Waals surface area contributed by atoms with E-state index >= 15 is 0 Å². The van der Waals surface area contributed by atoms with Crippen molar-refractivity contribution < 1.29 is 19.5 Å². The van der Waals surface area contributed by atoms with Crippen LogP contribution in [0.25, 0.3) is 0 Å². The zero-order valence-electron chi connectivity index (χ0n) is 10.2. The van der Waals surface area contributed by atoms with E-state index in [1.165, 1.54) is 24.3 Å². The molecule has 98 valence electrons. The molecule has 0 radical (unpaired) electrons. The number of nitrogen functional groups attached to an aromatic ring is 1. The van der Waals surface area contributed by atoms with Gasteiger partial charge in [-0.1, -0.05) is 12.1 Å². The molecule has 0 amide bonds. The van der Waals surface area contributed by atoms with Crippen molar-refractivity contribution in [2.24, 2.45) is 0 Å². The van der Waals surface area contributed by atoms with Crippen molar-refractivity contribution in [2.75, 3.05) is 5.73 Å². The Kier molecular flexibility index (Phi) is 2.44. The van der Waals surface area contributed by atoms with Gasteiger partial charge in [-0.05, 0) is 24.3 Å². The Balaban J connectivity index is 2.29. The summed E-state index contributed by atoms with van der Waals surface area (Å²) in [4.78, 5) is 35.7. The summed E-state index contributed by atoms with van der Waals surface area (Å²) >= 11 is 0. The Morgan fingerprint density at radius 1 is 0.950 bits per heavy atom. The molecule has 2 aromatic carbocycles. The molecule has 0 bridgehead atoms. The van der Waals surface area contributed by atoms with E-state index in [0.29, 0.717) is 0 Å². The van der Waals surface area contributed by atoms with Crippen LogP contribution in [0.3, 0.4) is 0 Å². The quantitative estimate of drug-likeness (QED) is 0.654. The average molecular weight is 267 g/mol. The first-order chi connectivity index (χ1) is 9.50. The van der Waals surface area contributed by atoms with Crippen molar-refractivity contribution in [1.29, 1.82) is 0 Å². The molecule has 0 aromatic heterocycles. The number of hydrogen-bond acceptors (Lipinski definition) is 4. The Morgan fingerprint density at radius 2 is 1.70 bits per heavy atom. The van der Waals surface area contributed by atoms with Crippen LogP contribution in [0, 0.1) is 0 Å². The van der Waals surface area contributed by atoms with E-state index in [2.05, 4.69) is 0 Å². The molecule has 0 heterocycles. The third-order valence-electron chi connectivity index (χ3n) is 3.32. The van der Waals surface area contributed by atoms with Crippen LogP contribution >= 0.6 is 0 Å². The monoisotopic (exact) mass is 267 g/mol. The van der Waals surface area contributed by atoms with Gasteiger partial charge in [-0.3, -0.25) is 9.59 Å². The molecule has 1 aliphatic carbocycles. The molecule has 5 heteroatoms. The minimum atomic E-state index is -1.15. The lowest BCUT2D eigenvalue weighted by molar-refractivity contribution is 0.0696. The van der Waals surface area contributed by atoms with Crippen molar-refractivity contribution in [1.82, 2.24) is 0 Å². The summed E-state index contributed by atoms with van der Waals surface area (Å²) < 4.78 is 0. The molecule has 0 unspecified atom stereocenters. The number of carbonyl (C=O) groups excluding carboxylic acids is 2. The van der Waals surface area contributed by atoms with Crippen molar-refractivity contribution in [3.05, 3.63) is 64.2 Å². The lowest BCUT2D eigenvalue weighted by Gasteiger charge is -2.18. The Labute approximate surface area is 113 Å². The van der Waals surface area contributed by atoms with Gasteiger partial charge in [0.25, 0.3) is 0 Å². The standard InChI is InChI=1S/C15H9NO4/c16-11-3-1-2-9-12(11)14(18)8-5-4-7(15(19)20)6-10(8)13(9)17/h1-6H,16H2,(H,19,20). The predicted molar refractivity (Wildman–Crippen MR) is 71.1 cm³/mol. The van der Waals surface area contributed by atoms with Gasteiger partial charge in [0.2, 0.25) is 0 Å². The molecule has 0 atom stereocenters. The van der Waals surface area contributed by atoms with Gasteiger partial charge in [-0.15, -0.1) is 0 Å². The zero-order valence-corrected chi connectivity index (χ0v) is 10.2. The van der Waals surface area contributed by atoms with Crippen LogP contribution in [-0.2, 0) is 0 Å². The summed E-state index contributed by atoms with van der Waals surface area (Å²) in [5.41, 5.74) is 6.67. The van der Waals surface area contributed by atoms with Crippen LogP contribution in [-0.4, -0.2) is 22.6 Å². The van der Waals surface area contributed by atoms with E-state index < -0.39 is 5.97 Å². The highest BCUT2D eigenvalue weighted by Crippen LogP contribution is 2.31. The average Bonchev–Trinajstić information content (AvgIpc) is 2.44. The van der Waals surface area contributed by atoms with E-state index in [9.17, 15) is 14.4 Å². The molecule has 1 aliphatic rings. The van der Waals surface area contributed by atoms with Gasteiger partial charge in [0.15, 0.2) is 11.6 Å². The SMILES string of the molecule is Nc1cccc2c1C(=O)c1ccc(C(=O)O)cc1C2=O. The number of carboxylic acid groups (broad SMARTS) is 1. The lowest BCUT2D eigenvalue weighted by Crippen LogP contribution is -2.22. The topological polar surface area (TPSA) is 97.5 Å². The number of nitrogens with two attached hydrogens (primary N) is 1. The highest BCUT2D eigenvalue weighted by atomic mass is 16.4. The summed E-state index contributed by atoms with van der Waals surface area (Å²) in [5.74, 6) is -1.89. The maximum atomic E-state index is 12.4. The van der Waals surface area contributed by atoms with Crippen LogP contribution in [0.2, 0.25) is 0 Å². The number of benzene rings is 2. The van der Waals surface area contributed by atoms with Crippen molar-refractivity contribution in [2.45, 2.75) is 0 Å². The predicted octanol–water partition coefficient (Wildman–Crippen LogP) is 1.74. The third kappa shape index (κ3) is 1.53. The number of anilines is 1. The molecular weight excluding hydrogens is 258 g/mol. The number of fused-ring (bicyclic) bond motifs is 2. The number of aromatic carboxylic acids is 1. The second-order valence-corrected chi connectivity index (χ2v) is 4.49. The highest BCUT2D eigenvalue weighted by molar-refractivity contribution is 6.30. The number of carboxylic acids is 1. The third-order valence-corrected chi connectivity index (χ3v) is 3.32. The molecule has 5 nitrogen and oxygen atoms in total. The molecule has 0 aliphatic heterocycles. The molecule has 0 saturated carbocycles. The van der Waals surface area contributed by atoms with Crippen molar-refractivity contribution in [3.63, 3.8) is 0 Å². The van der Waals surface area contributed by atoms with Crippen LogP contribution in [0.4, 0.5) is 5.69 Å². The lowest BCUT2D eigenvalue weighted by atomic mass is 9.82. The first kappa shape index (κ1) is 12.1. The van der Waals surface area contributed by atoms with Crippen LogP contribution in [0.1, 0.15) is 42.2 Å². The van der Waals surface area contributed by atoms with Gasteiger partial charge < -0.3 is 10.8 Å². The minimum absolute atomic E-state index is 0.0303. The van der Waals surface area contributed by atoms with Gasteiger partial charge >= 0.3 is 5.97 Å².